The van der Waals surface area contributed by atoms with Crippen LogP contribution in [0.1, 0.15) is 68.6 Å². The van der Waals surface area contributed by atoms with Crippen LogP contribution in [0, 0.1) is 11.8 Å². The fourth-order valence-corrected chi connectivity index (χ4v) is 6.79. The number of halogens is 1. The van der Waals surface area contributed by atoms with E-state index in [0.717, 1.165) is 43.2 Å². The van der Waals surface area contributed by atoms with Crippen LogP contribution in [0.3, 0.4) is 0 Å². The van der Waals surface area contributed by atoms with Gasteiger partial charge in [-0.3, -0.25) is 14.1 Å². The van der Waals surface area contributed by atoms with Gasteiger partial charge in [0.2, 0.25) is 17.3 Å². The van der Waals surface area contributed by atoms with Crippen molar-refractivity contribution in [3.63, 3.8) is 0 Å². The van der Waals surface area contributed by atoms with Gasteiger partial charge in [0.1, 0.15) is 12.1 Å². The fourth-order valence-electron chi connectivity index (χ4n) is 5.98. The third-order valence-corrected chi connectivity index (χ3v) is 9.49. The number of ether oxygens (including phenoxy) is 1. The van der Waals surface area contributed by atoms with Gasteiger partial charge in [0, 0.05) is 23.9 Å². The van der Waals surface area contributed by atoms with Gasteiger partial charge >= 0.3 is 6.09 Å². The Morgan fingerprint density at radius 1 is 1.00 bits per heavy atom. The van der Waals surface area contributed by atoms with Crippen molar-refractivity contribution in [2.75, 3.05) is 6.54 Å². The highest BCUT2D eigenvalue weighted by Crippen LogP contribution is 2.29. The number of carbonyl (C=O) groups excluding carboxylic acids is 3. The van der Waals surface area contributed by atoms with Gasteiger partial charge in [0.05, 0.1) is 6.04 Å². The van der Waals surface area contributed by atoms with E-state index < -0.39 is 51.7 Å². The number of hydrogen-bond donors (Lipinski definition) is 5. The number of carbonyl (C=O) groups is 3. The van der Waals surface area contributed by atoms with Crippen LogP contribution in [0.5, 0.6) is 0 Å². The van der Waals surface area contributed by atoms with Crippen LogP contribution in [0.2, 0.25) is 5.02 Å². The second kappa shape index (κ2) is 15.7. The highest BCUT2D eigenvalue weighted by Gasteiger charge is 2.38. The molecule has 3 unspecified atom stereocenters. The summed E-state index contributed by atoms with van der Waals surface area (Å²) in [6.07, 6.45) is 3.98. The number of nitrogens with one attached hydrogen (secondary N) is 3. The predicted octanol–water partition coefficient (Wildman–Crippen LogP) is 3.91. The Labute approximate surface area is 262 Å². The molecule has 4 rings (SSSR count). The molecule has 5 N–H and O–H groups in total. The molecule has 0 spiro atoms. The molecule has 44 heavy (non-hydrogen) atoms. The average molecular weight is 650 g/mol. The first-order valence-corrected chi connectivity index (χ1v) is 16.9. The van der Waals surface area contributed by atoms with Crippen molar-refractivity contribution in [2.24, 2.45) is 11.8 Å². The van der Waals surface area contributed by atoms with Crippen LogP contribution in [-0.4, -0.2) is 60.0 Å². The van der Waals surface area contributed by atoms with Crippen molar-refractivity contribution in [1.82, 2.24) is 16.0 Å². The van der Waals surface area contributed by atoms with E-state index in [1.54, 1.807) is 18.2 Å². The topological polar surface area (TPSA) is 171 Å². The second-order valence-corrected chi connectivity index (χ2v) is 13.6. The smallest absolute Gasteiger partial charge is 0.408 e. The Morgan fingerprint density at radius 3 is 2.36 bits per heavy atom. The fraction of sp³-hybridized carbons (Fsp3) is 0.516. The maximum Gasteiger partial charge on any atom is 0.408 e. The summed E-state index contributed by atoms with van der Waals surface area (Å²) in [5, 5.41) is 18.8. The minimum Gasteiger partial charge on any atom is -0.441 e. The highest BCUT2D eigenvalue weighted by atomic mass is 35.5. The van der Waals surface area contributed by atoms with Crippen LogP contribution in [0.15, 0.2) is 54.6 Å². The minimum atomic E-state index is -4.97. The Bertz CT molecular complexity index is 1390. The molecular formula is C31H40ClN3O8S. The van der Waals surface area contributed by atoms with E-state index in [9.17, 15) is 32.5 Å². The lowest BCUT2D eigenvalue weighted by Gasteiger charge is -2.30. The first kappa shape index (κ1) is 33.7. The molecule has 1 aliphatic heterocycles. The van der Waals surface area contributed by atoms with Crippen LogP contribution in [0.25, 0.3) is 0 Å². The molecule has 11 nitrogen and oxygen atoms in total. The van der Waals surface area contributed by atoms with Gasteiger partial charge in [-0.15, -0.1) is 0 Å². The van der Waals surface area contributed by atoms with Gasteiger partial charge < -0.3 is 25.8 Å². The number of benzene rings is 2. The van der Waals surface area contributed by atoms with Gasteiger partial charge in [-0.1, -0.05) is 86.2 Å². The summed E-state index contributed by atoms with van der Waals surface area (Å²) >= 11 is 6.17. The van der Waals surface area contributed by atoms with Gasteiger partial charge in [-0.25, -0.2) is 4.79 Å². The third-order valence-electron chi connectivity index (χ3n) is 8.31. The number of hydrogen-bond acceptors (Lipinski definition) is 7. The quantitative estimate of drug-likeness (QED) is 0.203. The van der Waals surface area contributed by atoms with Crippen LogP contribution in [-0.2, 0) is 30.9 Å². The summed E-state index contributed by atoms with van der Waals surface area (Å²) < 4.78 is 39.2. The van der Waals surface area contributed by atoms with Gasteiger partial charge in [0.15, 0.2) is 0 Å². The number of aliphatic hydroxyl groups excluding tert-OH is 1. The van der Waals surface area contributed by atoms with Crippen LogP contribution in [0.4, 0.5) is 4.79 Å². The van der Waals surface area contributed by atoms with E-state index >= 15 is 0 Å². The van der Waals surface area contributed by atoms with E-state index in [1.807, 2.05) is 36.4 Å². The Kier molecular flexibility index (Phi) is 12.0. The monoisotopic (exact) mass is 649 g/mol. The molecule has 1 heterocycles. The summed E-state index contributed by atoms with van der Waals surface area (Å²) in [6, 6.07) is 13.7. The summed E-state index contributed by atoms with van der Waals surface area (Å²) in [7, 11) is -4.97. The lowest BCUT2D eigenvalue weighted by Crippen LogP contribution is -2.55. The molecule has 2 fully saturated rings. The second-order valence-electron chi connectivity index (χ2n) is 11.6. The molecule has 1 saturated heterocycles. The zero-order chi connectivity index (χ0) is 31.7. The van der Waals surface area contributed by atoms with Crippen molar-refractivity contribution in [3.05, 3.63) is 70.7 Å². The summed E-state index contributed by atoms with van der Waals surface area (Å²) in [5.41, 5.74) is -0.780. The molecular weight excluding hydrogens is 610 g/mol. The first-order chi connectivity index (χ1) is 21.0. The molecule has 0 bridgehead atoms. The summed E-state index contributed by atoms with van der Waals surface area (Å²) in [5.74, 6) is -1.62. The van der Waals surface area contributed by atoms with Gasteiger partial charge in [-0.05, 0) is 48.4 Å². The zero-order valence-electron chi connectivity index (χ0n) is 24.4. The predicted molar refractivity (Wildman–Crippen MR) is 164 cm³/mol. The van der Waals surface area contributed by atoms with Crippen LogP contribution >= 0.6 is 11.6 Å². The van der Waals surface area contributed by atoms with E-state index in [-0.39, 0.29) is 24.7 Å². The van der Waals surface area contributed by atoms with E-state index in [0.29, 0.717) is 24.4 Å². The normalized spacial score (nSPS) is 20.2. The number of alkyl carbamates (subject to hydrolysis) is 1. The Hall–Kier alpha value is -3.19. The maximum absolute atomic E-state index is 13.6. The Morgan fingerprint density at radius 2 is 1.73 bits per heavy atom. The summed E-state index contributed by atoms with van der Waals surface area (Å²) in [4.78, 5) is 39.2. The van der Waals surface area contributed by atoms with Gasteiger partial charge in [-0.2, -0.15) is 8.42 Å². The summed E-state index contributed by atoms with van der Waals surface area (Å²) in [6.45, 7) is 0.377. The van der Waals surface area contributed by atoms with E-state index in [1.165, 1.54) is 0 Å². The molecule has 2 aromatic carbocycles. The van der Waals surface area contributed by atoms with E-state index in [4.69, 9.17) is 16.3 Å². The third kappa shape index (κ3) is 9.91. The molecule has 1 saturated carbocycles. The average Bonchev–Trinajstić information content (AvgIpc) is 3.40. The number of rotatable bonds is 13. The van der Waals surface area contributed by atoms with Crippen molar-refractivity contribution >= 4 is 39.6 Å². The highest BCUT2D eigenvalue weighted by molar-refractivity contribution is 7.86. The Balaban J connectivity index is 1.52. The molecule has 240 valence electrons. The molecule has 2 aliphatic rings. The molecule has 0 aromatic heterocycles. The molecule has 2 aromatic rings. The first-order valence-electron chi connectivity index (χ1n) is 15.0. The van der Waals surface area contributed by atoms with Crippen molar-refractivity contribution < 1.29 is 37.2 Å². The van der Waals surface area contributed by atoms with Crippen LogP contribution < -0.4 is 16.0 Å². The molecule has 3 amide bonds. The number of amides is 3. The lowest BCUT2D eigenvalue weighted by molar-refractivity contribution is -0.126. The van der Waals surface area contributed by atoms with Crippen molar-refractivity contribution in [1.29, 1.82) is 0 Å². The number of aliphatic hydroxyl groups is 1. The standard InChI is InChI=1S/C31H40ClN3O8S/c32-24-13-7-10-21(16-24)18-27(22-11-5-2-6-12-22)43-31(39)35-25(17-20-8-3-1-4-9-20)29(37)34-26(30(38)44(40,41)42)19-23-14-15-33-28(23)36/h2,5-7,10-13,16,20,23,25-27,30,38H,1,3-4,8-9,14-15,17-19H2,(H,33,36)(H,34,37)(H,35,39)(H,40,41,42)/t23?,25-,26-,27?,30?/m0/s1. The molecule has 5 atom stereocenters. The molecule has 13 heteroatoms. The van der Waals surface area contributed by atoms with Gasteiger partial charge in [0.25, 0.3) is 10.1 Å². The molecule has 0 radical (unpaired) electrons. The minimum absolute atomic E-state index is 0.127. The van der Waals surface area contributed by atoms with Crippen molar-refractivity contribution in [2.45, 2.75) is 81.4 Å². The maximum atomic E-state index is 13.6. The lowest BCUT2D eigenvalue weighted by atomic mass is 9.84. The van der Waals surface area contributed by atoms with E-state index in [2.05, 4.69) is 16.0 Å². The largest absolute Gasteiger partial charge is 0.441 e. The zero-order valence-corrected chi connectivity index (χ0v) is 25.9. The van der Waals surface area contributed by atoms with Crippen molar-refractivity contribution in [3.8, 4) is 0 Å². The molecule has 1 aliphatic carbocycles. The SMILES string of the molecule is O=C(N[C@@H](CC1CCCCC1)C(=O)N[C@@H](CC1CCNC1=O)C(O)S(=O)(=O)O)OC(Cc1cccc(Cl)c1)c1ccccc1.